The van der Waals surface area contributed by atoms with Gasteiger partial charge in [0.15, 0.2) is 0 Å². The predicted molar refractivity (Wildman–Crippen MR) is 84.2 cm³/mol. The summed E-state index contributed by atoms with van der Waals surface area (Å²) in [6, 6.07) is 8.64. The number of rotatable bonds is 4. The molecule has 0 heterocycles. The van der Waals surface area contributed by atoms with Crippen LogP contribution in [0.5, 0.6) is 5.75 Å². The van der Waals surface area contributed by atoms with E-state index in [0.717, 1.165) is 12.2 Å². The third kappa shape index (κ3) is 4.56. The van der Waals surface area contributed by atoms with Crippen LogP contribution in [0.1, 0.15) is 65.5 Å². The van der Waals surface area contributed by atoms with Gasteiger partial charge in [-0.05, 0) is 34.4 Å². The molecule has 0 aliphatic heterocycles. The molecule has 0 unspecified atom stereocenters. The van der Waals surface area contributed by atoms with E-state index in [9.17, 15) is 0 Å². The summed E-state index contributed by atoms with van der Waals surface area (Å²) in [5.74, 6) is 0.948. The first-order chi connectivity index (χ1) is 9.16. The predicted octanol–water partition coefficient (Wildman–Crippen LogP) is 4.96. The highest BCUT2D eigenvalue weighted by molar-refractivity contribution is 5.43. The zero-order chi connectivity index (χ0) is 15.4. The Hall–Kier alpha value is -1.49. The van der Waals surface area contributed by atoms with E-state index in [1.807, 2.05) is 0 Å². The van der Waals surface area contributed by atoms with Gasteiger partial charge in [-0.3, -0.25) is 0 Å². The summed E-state index contributed by atoms with van der Waals surface area (Å²) in [4.78, 5) is 0. The summed E-state index contributed by atoms with van der Waals surface area (Å²) < 4.78 is 5.88. The zero-order valence-electron chi connectivity index (χ0n) is 13.7. The van der Waals surface area contributed by atoms with Crippen LogP contribution >= 0.6 is 0 Å². The van der Waals surface area contributed by atoms with Crippen molar-refractivity contribution in [3.8, 4) is 11.8 Å². The average Bonchev–Trinajstić information content (AvgIpc) is 2.32. The Morgan fingerprint density at radius 1 is 1.05 bits per heavy atom. The molecule has 0 spiro atoms. The molecule has 0 radical (unpaired) electrons. The van der Waals surface area contributed by atoms with Gasteiger partial charge in [-0.2, -0.15) is 5.26 Å². The lowest BCUT2D eigenvalue weighted by Crippen LogP contribution is -2.17. The van der Waals surface area contributed by atoms with E-state index in [2.05, 4.69) is 65.8 Å². The van der Waals surface area contributed by atoms with Crippen molar-refractivity contribution in [3.05, 3.63) is 29.3 Å². The minimum absolute atomic E-state index is 0.0474. The van der Waals surface area contributed by atoms with Crippen molar-refractivity contribution in [1.82, 2.24) is 0 Å². The van der Waals surface area contributed by atoms with Gasteiger partial charge in [0.25, 0.3) is 0 Å². The van der Waals surface area contributed by atoms with E-state index in [-0.39, 0.29) is 10.8 Å². The summed E-state index contributed by atoms with van der Waals surface area (Å²) >= 11 is 0. The van der Waals surface area contributed by atoms with Crippen LogP contribution in [0.25, 0.3) is 0 Å². The van der Waals surface area contributed by atoms with E-state index < -0.39 is 0 Å². The van der Waals surface area contributed by atoms with Gasteiger partial charge in [0, 0.05) is 6.42 Å². The molecule has 0 fully saturated rings. The van der Waals surface area contributed by atoms with Crippen molar-refractivity contribution in [2.45, 2.75) is 65.2 Å². The molecular formula is C18H27NO. The monoisotopic (exact) mass is 273 g/mol. The molecule has 0 atom stereocenters. The van der Waals surface area contributed by atoms with Crippen molar-refractivity contribution >= 4 is 0 Å². The minimum atomic E-state index is 0.0474. The third-order valence-electron chi connectivity index (χ3n) is 3.34. The summed E-state index contributed by atoms with van der Waals surface area (Å²) in [6.07, 6.45) is 1.33. The maximum Gasteiger partial charge on any atom is 0.123 e. The SMILES string of the molecule is CC(C)(C)c1ccc(OCCCC#N)c(C(C)(C)C)c1. The van der Waals surface area contributed by atoms with E-state index in [1.54, 1.807) is 0 Å². The second kappa shape index (κ2) is 6.31. The Bertz CT molecular complexity index is 484. The number of benzene rings is 1. The largest absolute Gasteiger partial charge is 0.493 e. The Morgan fingerprint density at radius 2 is 1.70 bits per heavy atom. The lowest BCUT2D eigenvalue weighted by Gasteiger charge is -2.27. The second-order valence-electron chi connectivity index (χ2n) is 7.32. The first kappa shape index (κ1) is 16.6. The summed E-state index contributed by atoms with van der Waals surface area (Å²) in [6.45, 7) is 13.9. The Balaban J connectivity index is 3.03. The normalized spacial score (nSPS) is 12.1. The average molecular weight is 273 g/mol. The molecule has 1 aromatic rings. The molecule has 110 valence electrons. The smallest absolute Gasteiger partial charge is 0.123 e. The number of hydrogen-bond donors (Lipinski definition) is 0. The summed E-state index contributed by atoms with van der Waals surface area (Å²) in [5, 5.41) is 8.57. The van der Waals surface area contributed by atoms with Crippen LogP contribution in [0, 0.1) is 11.3 Å². The van der Waals surface area contributed by atoms with Crippen LogP contribution in [0.4, 0.5) is 0 Å². The van der Waals surface area contributed by atoms with Gasteiger partial charge in [0.05, 0.1) is 12.7 Å². The van der Waals surface area contributed by atoms with Crippen LogP contribution in [-0.2, 0) is 10.8 Å². The molecule has 1 rings (SSSR count). The first-order valence-electron chi connectivity index (χ1n) is 7.31. The Kier molecular flexibility index (Phi) is 5.22. The maximum absolute atomic E-state index is 8.57. The van der Waals surface area contributed by atoms with Gasteiger partial charge in [0.1, 0.15) is 5.75 Å². The fraction of sp³-hybridized carbons (Fsp3) is 0.611. The second-order valence-corrected chi connectivity index (χ2v) is 7.32. The molecule has 0 saturated carbocycles. The Labute approximate surface area is 123 Å². The van der Waals surface area contributed by atoms with Crippen molar-refractivity contribution < 1.29 is 4.74 Å². The fourth-order valence-corrected chi connectivity index (χ4v) is 2.04. The van der Waals surface area contributed by atoms with Crippen LogP contribution in [0.2, 0.25) is 0 Å². The molecule has 0 saturated heterocycles. The van der Waals surface area contributed by atoms with Gasteiger partial charge in [0.2, 0.25) is 0 Å². The van der Waals surface area contributed by atoms with Gasteiger partial charge in [-0.1, -0.05) is 53.7 Å². The quantitative estimate of drug-likeness (QED) is 0.726. The maximum atomic E-state index is 8.57. The Morgan fingerprint density at radius 3 is 2.20 bits per heavy atom. The molecule has 0 aliphatic rings. The molecule has 20 heavy (non-hydrogen) atoms. The van der Waals surface area contributed by atoms with Crippen LogP contribution in [-0.4, -0.2) is 6.61 Å². The van der Waals surface area contributed by atoms with Crippen molar-refractivity contribution in [2.24, 2.45) is 0 Å². The van der Waals surface area contributed by atoms with E-state index >= 15 is 0 Å². The molecule has 1 aromatic carbocycles. The molecule has 2 nitrogen and oxygen atoms in total. The molecule has 0 aromatic heterocycles. The first-order valence-corrected chi connectivity index (χ1v) is 7.31. The number of hydrogen-bond acceptors (Lipinski definition) is 2. The van der Waals surface area contributed by atoms with Gasteiger partial charge >= 0.3 is 0 Å². The van der Waals surface area contributed by atoms with E-state index in [0.29, 0.717) is 13.0 Å². The number of unbranched alkanes of at least 4 members (excludes halogenated alkanes) is 1. The summed E-state index contributed by atoms with van der Waals surface area (Å²) in [5.41, 5.74) is 2.75. The van der Waals surface area contributed by atoms with Gasteiger partial charge in [-0.25, -0.2) is 0 Å². The minimum Gasteiger partial charge on any atom is -0.493 e. The number of nitriles is 1. The van der Waals surface area contributed by atoms with Gasteiger partial charge < -0.3 is 4.74 Å². The van der Waals surface area contributed by atoms with Crippen molar-refractivity contribution in [1.29, 1.82) is 5.26 Å². The topological polar surface area (TPSA) is 33.0 Å². The van der Waals surface area contributed by atoms with Crippen LogP contribution in [0.3, 0.4) is 0 Å². The zero-order valence-corrected chi connectivity index (χ0v) is 13.7. The highest BCUT2D eigenvalue weighted by Crippen LogP contribution is 2.35. The molecule has 0 N–H and O–H groups in total. The molecule has 0 bridgehead atoms. The van der Waals surface area contributed by atoms with Crippen molar-refractivity contribution in [3.63, 3.8) is 0 Å². The molecule has 0 amide bonds. The summed E-state index contributed by atoms with van der Waals surface area (Å²) in [7, 11) is 0. The fourth-order valence-electron chi connectivity index (χ4n) is 2.04. The van der Waals surface area contributed by atoms with Crippen LogP contribution in [0.15, 0.2) is 18.2 Å². The van der Waals surface area contributed by atoms with E-state index in [1.165, 1.54) is 11.1 Å². The molecule has 0 aliphatic carbocycles. The molecular weight excluding hydrogens is 246 g/mol. The van der Waals surface area contributed by atoms with Crippen LogP contribution < -0.4 is 4.74 Å². The lowest BCUT2D eigenvalue weighted by molar-refractivity contribution is 0.304. The number of ether oxygens (including phenoxy) is 1. The van der Waals surface area contributed by atoms with Gasteiger partial charge in [-0.15, -0.1) is 0 Å². The van der Waals surface area contributed by atoms with Crippen molar-refractivity contribution in [2.75, 3.05) is 6.61 Å². The standard InChI is InChI=1S/C18H27NO/c1-17(2,3)14-9-10-16(20-12-8-7-11-19)15(13-14)18(4,5)6/h9-10,13H,7-8,12H2,1-6H3. The lowest BCUT2D eigenvalue weighted by atomic mass is 9.80. The highest BCUT2D eigenvalue weighted by Gasteiger charge is 2.22. The highest BCUT2D eigenvalue weighted by atomic mass is 16.5. The molecule has 2 heteroatoms. The van der Waals surface area contributed by atoms with E-state index in [4.69, 9.17) is 10.00 Å². The number of nitrogens with zero attached hydrogens (tertiary/aromatic N) is 1. The third-order valence-corrected chi connectivity index (χ3v) is 3.34.